The number of rotatable bonds is 2. The van der Waals surface area contributed by atoms with Crippen LogP contribution >= 0.6 is 11.3 Å². The van der Waals surface area contributed by atoms with Gasteiger partial charge in [-0.25, -0.2) is 0 Å². The molecule has 1 atom stereocenters. The Morgan fingerprint density at radius 1 is 1.15 bits per heavy atom. The van der Waals surface area contributed by atoms with E-state index in [2.05, 4.69) is 61.2 Å². The Morgan fingerprint density at radius 3 is 2.85 bits per heavy atom. The van der Waals surface area contributed by atoms with Crippen molar-refractivity contribution in [3.8, 4) is 11.4 Å². The summed E-state index contributed by atoms with van der Waals surface area (Å²) < 4.78 is 2.23. The van der Waals surface area contributed by atoms with E-state index >= 15 is 0 Å². The molecule has 1 N–H and O–H groups in total. The van der Waals surface area contributed by atoms with Crippen LogP contribution in [0.3, 0.4) is 0 Å². The van der Waals surface area contributed by atoms with Crippen molar-refractivity contribution >= 4 is 11.3 Å². The van der Waals surface area contributed by atoms with Crippen LogP contribution in [-0.4, -0.2) is 21.3 Å². The molecule has 1 unspecified atom stereocenters. The number of hydrogen-bond acceptors (Lipinski definition) is 4. The molecule has 0 saturated carbocycles. The molecule has 100 valence electrons. The fourth-order valence-electron chi connectivity index (χ4n) is 2.68. The van der Waals surface area contributed by atoms with Crippen molar-refractivity contribution in [1.29, 1.82) is 0 Å². The zero-order chi connectivity index (χ0) is 13.4. The van der Waals surface area contributed by atoms with Crippen molar-refractivity contribution in [1.82, 2.24) is 20.1 Å². The van der Waals surface area contributed by atoms with E-state index in [-0.39, 0.29) is 6.04 Å². The van der Waals surface area contributed by atoms with Crippen molar-refractivity contribution in [3.63, 3.8) is 0 Å². The minimum Gasteiger partial charge on any atom is -0.308 e. The third kappa shape index (κ3) is 1.87. The van der Waals surface area contributed by atoms with Gasteiger partial charge >= 0.3 is 0 Å². The number of nitrogens with one attached hydrogen (secondary N) is 1. The predicted octanol–water partition coefficient (Wildman–Crippen LogP) is 2.70. The molecule has 20 heavy (non-hydrogen) atoms. The van der Waals surface area contributed by atoms with Gasteiger partial charge in [0.05, 0.1) is 6.04 Å². The Bertz CT molecular complexity index is 703. The van der Waals surface area contributed by atoms with E-state index in [0.29, 0.717) is 0 Å². The Balaban J connectivity index is 1.80. The molecule has 0 aliphatic carbocycles. The molecule has 1 aromatic carbocycles. The molecule has 0 amide bonds. The van der Waals surface area contributed by atoms with Crippen molar-refractivity contribution in [2.24, 2.45) is 0 Å². The van der Waals surface area contributed by atoms with Crippen molar-refractivity contribution in [3.05, 3.63) is 58.5 Å². The van der Waals surface area contributed by atoms with Gasteiger partial charge in [0.2, 0.25) is 0 Å². The van der Waals surface area contributed by atoms with Crippen molar-refractivity contribution in [2.45, 2.75) is 12.6 Å². The number of aromatic nitrogens is 3. The number of benzene rings is 1. The van der Waals surface area contributed by atoms with E-state index in [1.807, 2.05) is 6.07 Å². The highest BCUT2D eigenvalue weighted by molar-refractivity contribution is 7.08. The summed E-state index contributed by atoms with van der Waals surface area (Å²) in [6, 6.07) is 12.6. The molecule has 3 heterocycles. The molecular formula is C15H14N4S. The molecule has 5 heteroatoms. The second-order valence-corrected chi connectivity index (χ2v) is 5.62. The van der Waals surface area contributed by atoms with Crippen LogP contribution in [0.4, 0.5) is 0 Å². The molecule has 3 aromatic rings. The zero-order valence-electron chi connectivity index (χ0n) is 10.9. The fraction of sp³-hybridized carbons (Fsp3) is 0.200. The first-order valence-electron chi connectivity index (χ1n) is 6.67. The monoisotopic (exact) mass is 282 g/mol. The minimum atomic E-state index is 0.129. The summed E-state index contributed by atoms with van der Waals surface area (Å²) in [6.45, 7) is 1.85. The summed E-state index contributed by atoms with van der Waals surface area (Å²) in [5.74, 6) is 1.98. The predicted molar refractivity (Wildman–Crippen MR) is 79.6 cm³/mol. The Morgan fingerprint density at radius 2 is 2.05 bits per heavy atom. The minimum absolute atomic E-state index is 0.129. The SMILES string of the molecule is c1ccc(C2NCCn3c(-c4ccsc4)nnc32)cc1. The first kappa shape index (κ1) is 11.8. The standard InChI is InChI=1S/C15H14N4S/c1-2-4-11(5-3-1)13-15-18-17-14(12-6-9-20-10-12)19(15)8-7-16-13/h1-6,9-10,13,16H,7-8H2. The van der Waals surface area contributed by atoms with E-state index in [4.69, 9.17) is 0 Å². The first-order chi connectivity index (χ1) is 9.93. The van der Waals surface area contributed by atoms with Crippen LogP contribution in [-0.2, 0) is 6.54 Å². The zero-order valence-corrected chi connectivity index (χ0v) is 11.7. The molecule has 0 bridgehead atoms. The molecule has 0 radical (unpaired) electrons. The van der Waals surface area contributed by atoms with E-state index in [1.165, 1.54) is 5.56 Å². The Labute approximate surface area is 121 Å². The second kappa shape index (κ2) is 4.85. The number of thiophene rings is 1. The number of hydrogen-bond donors (Lipinski definition) is 1. The van der Waals surface area contributed by atoms with Crippen LogP contribution < -0.4 is 5.32 Å². The van der Waals surface area contributed by atoms with Gasteiger partial charge in [0, 0.05) is 24.0 Å². The summed E-state index contributed by atoms with van der Waals surface area (Å²) in [5, 5.41) is 16.5. The molecule has 0 saturated heterocycles. The third-order valence-electron chi connectivity index (χ3n) is 3.63. The van der Waals surface area contributed by atoms with E-state index < -0.39 is 0 Å². The maximum Gasteiger partial charge on any atom is 0.164 e. The van der Waals surface area contributed by atoms with Gasteiger partial charge in [-0.3, -0.25) is 0 Å². The number of fused-ring (bicyclic) bond motifs is 1. The van der Waals surface area contributed by atoms with Crippen molar-refractivity contribution < 1.29 is 0 Å². The highest BCUT2D eigenvalue weighted by Crippen LogP contribution is 2.28. The van der Waals surface area contributed by atoms with Gasteiger partial charge in [-0.1, -0.05) is 30.3 Å². The smallest absolute Gasteiger partial charge is 0.164 e. The van der Waals surface area contributed by atoms with Crippen molar-refractivity contribution in [2.75, 3.05) is 6.54 Å². The summed E-state index contributed by atoms with van der Waals surface area (Å²) >= 11 is 1.69. The fourth-order valence-corrected chi connectivity index (χ4v) is 3.31. The lowest BCUT2D eigenvalue weighted by Crippen LogP contribution is -2.34. The van der Waals surface area contributed by atoms with Gasteiger partial charge in [0.15, 0.2) is 11.6 Å². The van der Waals surface area contributed by atoms with Crippen LogP contribution in [0.15, 0.2) is 47.2 Å². The van der Waals surface area contributed by atoms with E-state index in [9.17, 15) is 0 Å². The van der Waals surface area contributed by atoms with Gasteiger partial charge in [-0.15, -0.1) is 10.2 Å². The molecule has 0 spiro atoms. The topological polar surface area (TPSA) is 42.7 Å². The van der Waals surface area contributed by atoms with Gasteiger partial charge in [0.25, 0.3) is 0 Å². The van der Waals surface area contributed by atoms with Crippen LogP contribution in [0.1, 0.15) is 17.4 Å². The lowest BCUT2D eigenvalue weighted by atomic mass is 10.0. The Hall–Kier alpha value is -1.98. The third-order valence-corrected chi connectivity index (χ3v) is 4.32. The number of nitrogens with zero attached hydrogens (tertiary/aromatic N) is 3. The lowest BCUT2D eigenvalue weighted by molar-refractivity contribution is 0.458. The second-order valence-electron chi connectivity index (χ2n) is 4.84. The molecular weight excluding hydrogens is 268 g/mol. The van der Waals surface area contributed by atoms with E-state index in [0.717, 1.165) is 30.3 Å². The first-order valence-corrected chi connectivity index (χ1v) is 7.62. The Kier molecular flexibility index (Phi) is 2.86. The summed E-state index contributed by atoms with van der Waals surface area (Å²) in [7, 11) is 0. The van der Waals surface area contributed by atoms with Crippen LogP contribution in [0.2, 0.25) is 0 Å². The molecule has 1 aliphatic rings. The largest absolute Gasteiger partial charge is 0.308 e. The summed E-state index contributed by atoms with van der Waals surface area (Å²) in [5.41, 5.74) is 2.39. The van der Waals surface area contributed by atoms with Gasteiger partial charge in [-0.05, 0) is 17.0 Å². The maximum atomic E-state index is 4.43. The average Bonchev–Trinajstić information content (AvgIpc) is 3.16. The van der Waals surface area contributed by atoms with Crippen LogP contribution in [0, 0.1) is 0 Å². The molecule has 0 fully saturated rings. The highest BCUT2D eigenvalue weighted by atomic mass is 32.1. The van der Waals surface area contributed by atoms with E-state index in [1.54, 1.807) is 11.3 Å². The highest BCUT2D eigenvalue weighted by Gasteiger charge is 2.26. The maximum absolute atomic E-state index is 4.43. The quantitative estimate of drug-likeness (QED) is 0.786. The summed E-state index contributed by atoms with van der Waals surface area (Å²) in [4.78, 5) is 0. The van der Waals surface area contributed by atoms with Gasteiger partial charge in [-0.2, -0.15) is 11.3 Å². The normalized spacial score (nSPS) is 17.9. The molecule has 4 nitrogen and oxygen atoms in total. The molecule has 1 aliphatic heterocycles. The van der Waals surface area contributed by atoms with Crippen LogP contribution in [0.25, 0.3) is 11.4 Å². The summed E-state index contributed by atoms with van der Waals surface area (Å²) in [6.07, 6.45) is 0. The lowest BCUT2D eigenvalue weighted by Gasteiger charge is -2.25. The van der Waals surface area contributed by atoms with Gasteiger partial charge < -0.3 is 9.88 Å². The molecule has 2 aromatic heterocycles. The van der Waals surface area contributed by atoms with Gasteiger partial charge in [0.1, 0.15) is 0 Å². The molecule has 4 rings (SSSR count). The van der Waals surface area contributed by atoms with Crippen LogP contribution in [0.5, 0.6) is 0 Å². The average molecular weight is 282 g/mol.